The number of aliphatic imine (C=N–C) groups is 1. The molecule has 0 saturated carbocycles. The molecule has 0 saturated heterocycles. The average Bonchev–Trinajstić information content (AvgIpc) is 3.01. The normalized spacial score (nSPS) is 16.0. The molecule has 0 aromatic carbocycles. The van der Waals surface area contributed by atoms with Crippen LogP contribution in [0.5, 0.6) is 0 Å². The zero-order valence-electron chi connectivity index (χ0n) is 11.2. The van der Waals surface area contributed by atoms with Crippen LogP contribution in [-0.4, -0.2) is 25.1 Å². The number of nitrogens with zero attached hydrogens (tertiary/aromatic N) is 1. The summed E-state index contributed by atoms with van der Waals surface area (Å²) in [5.41, 5.74) is 0. The molecule has 3 nitrogen and oxygen atoms in total. The molecule has 0 unspecified atom stereocenters. The largest absolute Gasteiger partial charge is 0.357 e. The van der Waals surface area contributed by atoms with Gasteiger partial charge in [0.25, 0.3) is 0 Å². The van der Waals surface area contributed by atoms with Gasteiger partial charge in [0.05, 0.1) is 3.79 Å². The molecule has 0 radical (unpaired) electrons. The summed E-state index contributed by atoms with van der Waals surface area (Å²) in [6.45, 7) is 3.82. The van der Waals surface area contributed by atoms with Crippen molar-refractivity contribution in [3.05, 3.63) is 32.9 Å². The van der Waals surface area contributed by atoms with Crippen molar-refractivity contribution in [2.75, 3.05) is 13.1 Å². The lowest BCUT2D eigenvalue weighted by Gasteiger charge is -2.16. The van der Waals surface area contributed by atoms with Crippen molar-refractivity contribution in [2.24, 2.45) is 4.99 Å². The van der Waals surface area contributed by atoms with Gasteiger partial charge in [-0.15, -0.1) is 11.3 Å². The van der Waals surface area contributed by atoms with E-state index >= 15 is 0 Å². The van der Waals surface area contributed by atoms with E-state index in [9.17, 15) is 0 Å². The van der Waals surface area contributed by atoms with Gasteiger partial charge in [0, 0.05) is 30.4 Å². The highest BCUT2D eigenvalue weighted by molar-refractivity contribution is 9.11. The monoisotopic (exact) mass is 341 g/mol. The van der Waals surface area contributed by atoms with Crippen LogP contribution in [0.15, 0.2) is 33.1 Å². The standard InChI is InChI=1S/C14H20BrN3S/c1-2-16-14(18-11-5-3-4-6-11)17-10-9-12-7-8-13(15)19-12/h3-4,7-8,11H,2,5-6,9-10H2,1H3,(H2,16,17,18). The Balaban J connectivity index is 1.81. The van der Waals surface area contributed by atoms with Crippen LogP contribution in [0, 0.1) is 0 Å². The van der Waals surface area contributed by atoms with Gasteiger partial charge >= 0.3 is 0 Å². The third kappa shape index (κ3) is 4.99. The molecule has 1 aromatic rings. The topological polar surface area (TPSA) is 36.4 Å². The number of hydrogen-bond donors (Lipinski definition) is 2. The van der Waals surface area contributed by atoms with E-state index in [2.05, 4.69) is 62.8 Å². The lowest BCUT2D eigenvalue weighted by molar-refractivity contribution is 0.633. The molecule has 0 bridgehead atoms. The Morgan fingerprint density at radius 2 is 2.21 bits per heavy atom. The van der Waals surface area contributed by atoms with Crippen molar-refractivity contribution < 1.29 is 0 Å². The van der Waals surface area contributed by atoms with E-state index in [0.717, 1.165) is 38.3 Å². The summed E-state index contributed by atoms with van der Waals surface area (Å²) in [7, 11) is 0. The van der Waals surface area contributed by atoms with Crippen LogP contribution in [0.1, 0.15) is 24.6 Å². The molecule has 1 aliphatic rings. The van der Waals surface area contributed by atoms with E-state index in [1.807, 2.05) is 0 Å². The maximum absolute atomic E-state index is 4.64. The third-order valence-corrected chi connectivity index (χ3v) is 4.63. The molecule has 2 N–H and O–H groups in total. The van der Waals surface area contributed by atoms with Gasteiger partial charge < -0.3 is 10.6 Å². The van der Waals surface area contributed by atoms with Crippen LogP contribution in [0.3, 0.4) is 0 Å². The molecule has 104 valence electrons. The first-order valence-electron chi connectivity index (χ1n) is 6.72. The van der Waals surface area contributed by atoms with E-state index in [4.69, 9.17) is 0 Å². The van der Waals surface area contributed by atoms with Crippen LogP contribution < -0.4 is 10.6 Å². The molecule has 5 heteroatoms. The predicted octanol–water partition coefficient (Wildman–Crippen LogP) is 3.33. The maximum Gasteiger partial charge on any atom is 0.191 e. The van der Waals surface area contributed by atoms with Crippen molar-refractivity contribution in [1.82, 2.24) is 10.6 Å². The summed E-state index contributed by atoms with van der Waals surface area (Å²) in [5, 5.41) is 6.79. The summed E-state index contributed by atoms with van der Waals surface area (Å²) in [4.78, 5) is 6.01. The molecular formula is C14H20BrN3S. The van der Waals surface area contributed by atoms with Gasteiger partial charge in [-0.25, -0.2) is 0 Å². The van der Waals surface area contributed by atoms with Gasteiger partial charge in [0.15, 0.2) is 5.96 Å². The fraction of sp³-hybridized carbons (Fsp3) is 0.500. The van der Waals surface area contributed by atoms with Gasteiger partial charge in [0.2, 0.25) is 0 Å². The van der Waals surface area contributed by atoms with Crippen LogP contribution >= 0.6 is 27.3 Å². The zero-order chi connectivity index (χ0) is 13.5. The number of nitrogens with one attached hydrogen (secondary N) is 2. The van der Waals surface area contributed by atoms with E-state index < -0.39 is 0 Å². The third-order valence-electron chi connectivity index (χ3n) is 2.95. The van der Waals surface area contributed by atoms with Crippen LogP contribution in [-0.2, 0) is 6.42 Å². The lowest BCUT2D eigenvalue weighted by Crippen LogP contribution is -2.42. The maximum atomic E-state index is 4.64. The fourth-order valence-electron chi connectivity index (χ4n) is 2.01. The van der Waals surface area contributed by atoms with Crippen molar-refractivity contribution in [2.45, 2.75) is 32.2 Å². The van der Waals surface area contributed by atoms with Crippen molar-refractivity contribution in [3.63, 3.8) is 0 Å². The Hall–Kier alpha value is -0.810. The quantitative estimate of drug-likeness (QED) is 0.489. The minimum atomic E-state index is 0.508. The van der Waals surface area contributed by atoms with Gasteiger partial charge in [-0.3, -0.25) is 4.99 Å². The van der Waals surface area contributed by atoms with Crippen LogP contribution in [0.4, 0.5) is 0 Å². The molecule has 0 aliphatic heterocycles. The summed E-state index contributed by atoms with van der Waals surface area (Å²) in [6.07, 6.45) is 7.65. The molecule has 0 spiro atoms. The highest BCUT2D eigenvalue weighted by Gasteiger charge is 2.11. The SMILES string of the molecule is CCNC(=NCCc1ccc(Br)s1)NC1CC=CC1. The summed E-state index contributed by atoms with van der Waals surface area (Å²) >= 11 is 5.27. The Kier molecular flexibility index (Phi) is 5.92. The van der Waals surface area contributed by atoms with Crippen molar-refractivity contribution in [3.8, 4) is 0 Å². The first-order chi connectivity index (χ1) is 9.28. The molecule has 1 heterocycles. The smallest absolute Gasteiger partial charge is 0.191 e. The Bertz CT molecular complexity index is 445. The first kappa shape index (κ1) is 14.6. The van der Waals surface area contributed by atoms with E-state index in [1.165, 1.54) is 8.66 Å². The molecular weight excluding hydrogens is 322 g/mol. The number of rotatable bonds is 5. The molecule has 2 rings (SSSR count). The minimum Gasteiger partial charge on any atom is -0.357 e. The van der Waals surface area contributed by atoms with Gasteiger partial charge in [-0.2, -0.15) is 0 Å². The van der Waals surface area contributed by atoms with E-state index in [0.29, 0.717) is 6.04 Å². The second kappa shape index (κ2) is 7.70. The summed E-state index contributed by atoms with van der Waals surface area (Å²) in [5.74, 6) is 0.937. The summed E-state index contributed by atoms with van der Waals surface area (Å²) in [6, 6.07) is 4.76. The van der Waals surface area contributed by atoms with Gasteiger partial charge in [-0.1, -0.05) is 12.2 Å². The van der Waals surface area contributed by atoms with Gasteiger partial charge in [0.1, 0.15) is 0 Å². The zero-order valence-corrected chi connectivity index (χ0v) is 13.6. The minimum absolute atomic E-state index is 0.508. The van der Waals surface area contributed by atoms with E-state index in [1.54, 1.807) is 11.3 Å². The number of guanidine groups is 1. The molecule has 0 amide bonds. The first-order valence-corrected chi connectivity index (χ1v) is 8.33. The summed E-state index contributed by atoms with van der Waals surface area (Å²) < 4.78 is 1.19. The molecule has 1 aromatic heterocycles. The highest BCUT2D eigenvalue weighted by Crippen LogP contribution is 2.22. The molecule has 0 atom stereocenters. The predicted molar refractivity (Wildman–Crippen MR) is 87.0 cm³/mol. The fourth-order valence-corrected chi connectivity index (χ4v) is 3.48. The number of halogens is 1. The molecule has 0 fully saturated rings. The number of hydrogen-bond acceptors (Lipinski definition) is 2. The van der Waals surface area contributed by atoms with Gasteiger partial charge in [-0.05, 0) is 47.8 Å². The Morgan fingerprint density at radius 1 is 1.42 bits per heavy atom. The second-order valence-electron chi connectivity index (χ2n) is 4.50. The highest BCUT2D eigenvalue weighted by atomic mass is 79.9. The van der Waals surface area contributed by atoms with E-state index in [-0.39, 0.29) is 0 Å². The van der Waals surface area contributed by atoms with Crippen molar-refractivity contribution >= 4 is 33.2 Å². The molecule has 1 aliphatic carbocycles. The second-order valence-corrected chi connectivity index (χ2v) is 7.05. The van der Waals surface area contributed by atoms with Crippen LogP contribution in [0.25, 0.3) is 0 Å². The lowest BCUT2D eigenvalue weighted by atomic mass is 10.2. The van der Waals surface area contributed by atoms with Crippen LogP contribution in [0.2, 0.25) is 0 Å². The molecule has 19 heavy (non-hydrogen) atoms. The number of thiophene rings is 1. The van der Waals surface area contributed by atoms with Crippen molar-refractivity contribution in [1.29, 1.82) is 0 Å². The Labute approximate surface area is 127 Å². The Morgan fingerprint density at radius 3 is 2.84 bits per heavy atom. The average molecular weight is 342 g/mol.